The maximum absolute atomic E-state index is 9.71. The fourth-order valence-electron chi connectivity index (χ4n) is 0.396. The molecule has 9 heavy (non-hydrogen) atoms. The second-order valence-electron chi connectivity index (χ2n) is 2.03. The van der Waals surface area contributed by atoms with Crippen molar-refractivity contribution in [2.24, 2.45) is 5.92 Å². The maximum atomic E-state index is 9.71. The molecule has 0 rings (SSSR count). The van der Waals surface area contributed by atoms with E-state index in [9.17, 15) is 4.79 Å². The van der Waals surface area contributed by atoms with Crippen LogP contribution >= 0.6 is 0 Å². The molecule has 3 nitrogen and oxygen atoms in total. The van der Waals surface area contributed by atoms with Crippen LogP contribution in [0.5, 0.6) is 0 Å². The summed E-state index contributed by atoms with van der Waals surface area (Å²) in [5.74, 6) is 0.0696. The van der Waals surface area contributed by atoms with Crippen LogP contribution in [-0.4, -0.2) is 12.6 Å². The molecule has 0 aliphatic carbocycles. The summed E-state index contributed by atoms with van der Waals surface area (Å²) in [6, 6.07) is 1.85. The molecule has 0 saturated heterocycles. The normalized spacial score (nSPS) is 12.2. The Kier molecular flexibility index (Phi) is 3.45. The molecule has 0 saturated carbocycles. The van der Waals surface area contributed by atoms with E-state index in [1.54, 1.807) is 0 Å². The number of hydrogen-bond acceptors (Lipinski definition) is 3. The number of rotatable bonds is 3. The third kappa shape index (κ3) is 2.70. The van der Waals surface area contributed by atoms with E-state index < -0.39 is 6.10 Å². The lowest BCUT2D eigenvalue weighted by atomic mass is 10.1. The van der Waals surface area contributed by atoms with Crippen LogP contribution in [0.3, 0.4) is 0 Å². The molecular weight excluding hydrogens is 118 g/mol. The molecule has 3 heteroatoms. The number of nitriles is 1. The Morgan fingerprint density at radius 2 is 2.22 bits per heavy atom. The van der Waals surface area contributed by atoms with E-state index in [1.807, 2.05) is 19.9 Å². The molecule has 0 aliphatic heterocycles. The van der Waals surface area contributed by atoms with E-state index in [4.69, 9.17) is 5.26 Å². The van der Waals surface area contributed by atoms with Gasteiger partial charge in [-0.2, -0.15) is 5.26 Å². The van der Waals surface area contributed by atoms with Gasteiger partial charge in [0, 0.05) is 5.92 Å². The van der Waals surface area contributed by atoms with E-state index in [2.05, 4.69) is 4.74 Å². The molecule has 0 bridgehead atoms. The summed E-state index contributed by atoms with van der Waals surface area (Å²) in [6.45, 7) is 3.93. The molecule has 1 unspecified atom stereocenters. The van der Waals surface area contributed by atoms with Crippen LogP contribution in [0.15, 0.2) is 0 Å². The average molecular weight is 127 g/mol. The van der Waals surface area contributed by atoms with Gasteiger partial charge in [0.1, 0.15) is 6.07 Å². The van der Waals surface area contributed by atoms with Gasteiger partial charge in [0.2, 0.25) is 0 Å². The summed E-state index contributed by atoms with van der Waals surface area (Å²) in [5.41, 5.74) is 0. The van der Waals surface area contributed by atoms with Crippen molar-refractivity contribution in [2.75, 3.05) is 0 Å². The first-order valence-electron chi connectivity index (χ1n) is 2.71. The molecule has 0 amide bonds. The summed E-state index contributed by atoms with van der Waals surface area (Å²) in [4.78, 5) is 9.71. The zero-order valence-corrected chi connectivity index (χ0v) is 5.50. The minimum absolute atomic E-state index is 0.0696. The molecular formula is C6H9NO2. The van der Waals surface area contributed by atoms with Gasteiger partial charge in [-0.3, -0.25) is 4.79 Å². The Morgan fingerprint density at radius 3 is 2.33 bits per heavy atom. The summed E-state index contributed by atoms with van der Waals surface area (Å²) >= 11 is 0. The van der Waals surface area contributed by atoms with E-state index in [-0.39, 0.29) is 5.92 Å². The third-order valence-electron chi connectivity index (χ3n) is 0.935. The minimum atomic E-state index is -0.595. The number of ether oxygens (including phenoxy) is 1. The van der Waals surface area contributed by atoms with Crippen LogP contribution in [-0.2, 0) is 9.53 Å². The van der Waals surface area contributed by atoms with Crippen LogP contribution < -0.4 is 0 Å². The fourth-order valence-corrected chi connectivity index (χ4v) is 0.396. The lowest BCUT2D eigenvalue weighted by molar-refractivity contribution is -0.132. The van der Waals surface area contributed by atoms with Gasteiger partial charge in [-0.25, -0.2) is 0 Å². The molecule has 0 aliphatic rings. The first-order chi connectivity index (χ1) is 4.22. The molecule has 0 radical (unpaired) electrons. The molecule has 0 N–H and O–H groups in total. The molecule has 50 valence electrons. The predicted octanol–water partition coefficient (Wildman–Crippen LogP) is 0.708. The Hall–Kier alpha value is -1.04. The Bertz CT molecular complexity index is 126. The lowest BCUT2D eigenvalue weighted by Crippen LogP contribution is -2.16. The predicted molar refractivity (Wildman–Crippen MR) is 31.4 cm³/mol. The van der Waals surface area contributed by atoms with Gasteiger partial charge in [-0.1, -0.05) is 13.8 Å². The van der Waals surface area contributed by atoms with Crippen molar-refractivity contribution in [1.82, 2.24) is 0 Å². The van der Waals surface area contributed by atoms with Gasteiger partial charge in [-0.05, 0) is 0 Å². The largest absolute Gasteiger partial charge is 0.449 e. The molecule has 0 aromatic heterocycles. The summed E-state index contributed by atoms with van der Waals surface area (Å²) in [5, 5.41) is 8.29. The topological polar surface area (TPSA) is 50.1 Å². The van der Waals surface area contributed by atoms with Crippen LogP contribution in [0, 0.1) is 17.2 Å². The van der Waals surface area contributed by atoms with Gasteiger partial charge in [0.15, 0.2) is 6.10 Å². The highest BCUT2D eigenvalue weighted by Crippen LogP contribution is 2.02. The Labute approximate surface area is 54.2 Å². The van der Waals surface area contributed by atoms with Crippen molar-refractivity contribution in [2.45, 2.75) is 20.0 Å². The molecule has 0 fully saturated rings. The number of hydrogen-bond donors (Lipinski definition) is 0. The first-order valence-corrected chi connectivity index (χ1v) is 2.71. The highest BCUT2D eigenvalue weighted by atomic mass is 16.5. The molecule has 0 heterocycles. The van der Waals surface area contributed by atoms with Crippen molar-refractivity contribution in [3.8, 4) is 6.07 Å². The number of nitrogens with zero attached hydrogens (tertiary/aromatic N) is 1. The standard InChI is InChI=1S/C6H9NO2/c1-5(2)6(3-7)9-4-8/h4-6H,1-2H3. The van der Waals surface area contributed by atoms with Gasteiger partial charge >= 0.3 is 0 Å². The van der Waals surface area contributed by atoms with Crippen LogP contribution in [0.2, 0.25) is 0 Å². The van der Waals surface area contributed by atoms with E-state index in [1.165, 1.54) is 0 Å². The van der Waals surface area contributed by atoms with Gasteiger partial charge in [0.25, 0.3) is 6.47 Å². The molecule has 1 atom stereocenters. The zero-order chi connectivity index (χ0) is 7.28. The number of carbonyl (C=O) groups excluding carboxylic acids is 1. The van der Waals surface area contributed by atoms with Crippen LogP contribution in [0.4, 0.5) is 0 Å². The lowest BCUT2D eigenvalue weighted by Gasteiger charge is -2.08. The summed E-state index contributed by atoms with van der Waals surface area (Å²) in [7, 11) is 0. The van der Waals surface area contributed by atoms with Crippen molar-refractivity contribution < 1.29 is 9.53 Å². The van der Waals surface area contributed by atoms with Crippen LogP contribution in [0.1, 0.15) is 13.8 Å². The first kappa shape index (κ1) is 7.96. The minimum Gasteiger partial charge on any atom is -0.449 e. The van der Waals surface area contributed by atoms with Crippen molar-refractivity contribution in [1.29, 1.82) is 5.26 Å². The highest BCUT2D eigenvalue weighted by molar-refractivity contribution is 5.38. The van der Waals surface area contributed by atoms with E-state index >= 15 is 0 Å². The fraction of sp³-hybridized carbons (Fsp3) is 0.667. The van der Waals surface area contributed by atoms with E-state index in [0.717, 1.165) is 0 Å². The Balaban J connectivity index is 3.71. The summed E-state index contributed by atoms with van der Waals surface area (Å²) < 4.78 is 4.41. The number of carbonyl (C=O) groups is 1. The highest BCUT2D eigenvalue weighted by Gasteiger charge is 2.11. The smallest absolute Gasteiger partial charge is 0.294 e. The van der Waals surface area contributed by atoms with Crippen molar-refractivity contribution in [3.63, 3.8) is 0 Å². The third-order valence-corrected chi connectivity index (χ3v) is 0.935. The SMILES string of the molecule is CC(C)C(C#N)OC=O. The molecule has 0 aromatic rings. The second kappa shape index (κ2) is 3.90. The average Bonchev–Trinajstić information content (AvgIpc) is 1.82. The monoisotopic (exact) mass is 127 g/mol. The maximum Gasteiger partial charge on any atom is 0.294 e. The van der Waals surface area contributed by atoms with Crippen molar-refractivity contribution in [3.05, 3.63) is 0 Å². The van der Waals surface area contributed by atoms with Gasteiger partial charge in [-0.15, -0.1) is 0 Å². The Morgan fingerprint density at radius 1 is 1.67 bits per heavy atom. The quantitative estimate of drug-likeness (QED) is 0.524. The van der Waals surface area contributed by atoms with Crippen molar-refractivity contribution >= 4 is 6.47 Å². The van der Waals surface area contributed by atoms with Gasteiger partial charge < -0.3 is 4.74 Å². The summed E-state index contributed by atoms with van der Waals surface area (Å²) in [6.07, 6.45) is -0.595. The zero-order valence-electron chi connectivity index (χ0n) is 5.50. The second-order valence-corrected chi connectivity index (χ2v) is 2.03. The van der Waals surface area contributed by atoms with Gasteiger partial charge in [0.05, 0.1) is 0 Å². The van der Waals surface area contributed by atoms with E-state index in [0.29, 0.717) is 6.47 Å². The molecule has 0 aromatic carbocycles. The molecule has 0 spiro atoms. The van der Waals surface area contributed by atoms with Crippen LogP contribution in [0.25, 0.3) is 0 Å².